The van der Waals surface area contributed by atoms with Crippen LogP contribution in [0.4, 0.5) is 0 Å². The quantitative estimate of drug-likeness (QED) is 0.924. The second kappa shape index (κ2) is 5.75. The van der Waals surface area contributed by atoms with Gasteiger partial charge in [-0.25, -0.2) is 0 Å². The number of fused-ring (bicyclic) bond motifs is 1. The topological polar surface area (TPSA) is 52.9 Å². The Labute approximate surface area is 119 Å². The molecule has 3 nitrogen and oxygen atoms in total. The largest absolute Gasteiger partial charge is 0.354 e. The average molecular weight is 266 g/mol. The van der Waals surface area contributed by atoms with Crippen LogP contribution in [-0.2, 0) is 11.2 Å². The smallest absolute Gasteiger partial charge is 0.239 e. The molecule has 20 heavy (non-hydrogen) atoms. The first kappa shape index (κ1) is 14.1. The van der Waals surface area contributed by atoms with Crippen molar-refractivity contribution >= 4 is 16.7 Å². The van der Waals surface area contributed by atoms with Crippen LogP contribution in [0.2, 0.25) is 0 Å². The molecule has 2 aromatic rings. The first-order valence-electron chi connectivity index (χ1n) is 6.70. The number of rotatable bonds is 4. The lowest BCUT2D eigenvalue weighted by atomic mass is 9.94. The fourth-order valence-electron chi connectivity index (χ4n) is 1.99. The summed E-state index contributed by atoms with van der Waals surface area (Å²) in [5, 5.41) is 14.1. The first-order valence-corrected chi connectivity index (χ1v) is 6.70. The Kier molecular flexibility index (Phi) is 4.05. The van der Waals surface area contributed by atoms with Gasteiger partial charge in [0.1, 0.15) is 5.41 Å². The monoisotopic (exact) mass is 266 g/mol. The minimum atomic E-state index is -0.969. The van der Waals surface area contributed by atoms with E-state index >= 15 is 0 Å². The van der Waals surface area contributed by atoms with Gasteiger partial charge < -0.3 is 5.32 Å². The van der Waals surface area contributed by atoms with Gasteiger partial charge in [0.25, 0.3) is 0 Å². The first-order chi connectivity index (χ1) is 9.53. The van der Waals surface area contributed by atoms with E-state index in [1.165, 1.54) is 16.3 Å². The molecule has 0 saturated carbocycles. The molecule has 0 aromatic heterocycles. The Morgan fingerprint density at radius 3 is 2.60 bits per heavy atom. The maximum absolute atomic E-state index is 11.8. The Hall–Kier alpha value is -2.34. The third kappa shape index (κ3) is 3.16. The molecular weight excluding hydrogens is 248 g/mol. The molecular formula is C17H18N2O. The van der Waals surface area contributed by atoms with Crippen molar-refractivity contribution in [3.63, 3.8) is 0 Å². The molecule has 0 atom stereocenters. The minimum absolute atomic E-state index is 0.221. The normalized spacial score (nSPS) is 11.1. The lowest BCUT2D eigenvalue weighted by Gasteiger charge is -2.14. The minimum Gasteiger partial charge on any atom is -0.354 e. The Bertz CT molecular complexity index is 668. The summed E-state index contributed by atoms with van der Waals surface area (Å²) < 4.78 is 0. The van der Waals surface area contributed by atoms with Gasteiger partial charge in [-0.15, -0.1) is 0 Å². The highest BCUT2D eigenvalue weighted by Crippen LogP contribution is 2.16. The highest BCUT2D eigenvalue weighted by molar-refractivity contribution is 5.84. The second-order valence-electron chi connectivity index (χ2n) is 5.42. The van der Waals surface area contributed by atoms with Gasteiger partial charge in [0.2, 0.25) is 5.91 Å². The van der Waals surface area contributed by atoms with Gasteiger partial charge in [-0.3, -0.25) is 4.79 Å². The third-order valence-electron chi connectivity index (χ3n) is 3.36. The van der Waals surface area contributed by atoms with Crippen LogP contribution in [0.15, 0.2) is 42.5 Å². The van der Waals surface area contributed by atoms with Gasteiger partial charge in [-0.2, -0.15) is 5.26 Å². The molecule has 0 spiro atoms. The van der Waals surface area contributed by atoms with Gasteiger partial charge in [0.05, 0.1) is 6.07 Å². The van der Waals surface area contributed by atoms with Gasteiger partial charge in [-0.1, -0.05) is 42.5 Å². The molecule has 0 aliphatic rings. The van der Waals surface area contributed by atoms with Gasteiger partial charge >= 0.3 is 0 Å². The fourth-order valence-corrected chi connectivity index (χ4v) is 1.99. The van der Waals surface area contributed by atoms with Gasteiger partial charge in [0, 0.05) is 6.54 Å². The Balaban J connectivity index is 1.97. The standard InChI is InChI=1S/C17H18N2O/c1-17(2,12-18)16(20)19-10-9-13-7-8-14-5-3-4-6-15(14)11-13/h3-8,11H,9-10H2,1-2H3,(H,19,20). The van der Waals surface area contributed by atoms with E-state index in [-0.39, 0.29) is 5.91 Å². The number of carbonyl (C=O) groups is 1. The number of benzene rings is 2. The molecule has 0 aliphatic carbocycles. The van der Waals surface area contributed by atoms with Crippen molar-refractivity contribution in [1.82, 2.24) is 5.32 Å². The molecule has 1 amide bonds. The number of hydrogen-bond donors (Lipinski definition) is 1. The van der Waals surface area contributed by atoms with E-state index < -0.39 is 5.41 Å². The SMILES string of the molecule is CC(C)(C#N)C(=O)NCCc1ccc2ccccc2c1. The fraction of sp³-hybridized carbons (Fsp3) is 0.294. The van der Waals surface area contributed by atoms with E-state index in [1.54, 1.807) is 13.8 Å². The number of nitrogens with one attached hydrogen (secondary N) is 1. The molecule has 3 heteroatoms. The maximum atomic E-state index is 11.8. The van der Waals surface area contributed by atoms with Crippen molar-refractivity contribution in [1.29, 1.82) is 5.26 Å². The number of carbonyl (C=O) groups excluding carboxylic acids is 1. The molecule has 1 N–H and O–H groups in total. The third-order valence-corrected chi connectivity index (χ3v) is 3.36. The summed E-state index contributed by atoms with van der Waals surface area (Å²) in [5.41, 5.74) is 0.211. The predicted molar refractivity (Wildman–Crippen MR) is 80.1 cm³/mol. The van der Waals surface area contributed by atoms with Crippen LogP contribution in [0.5, 0.6) is 0 Å². The van der Waals surface area contributed by atoms with Crippen molar-refractivity contribution < 1.29 is 4.79 Å². The Morgan fingerprint density at radius 1 is 1.20 bits per heavy atom. The van der Waals surface area contributed by atoms with Crippen LogP contribution >= 0.6 is 0 Å². The summed E-state index contributed by atoms with van der Waals surface area (Å²) in [6.45, 7) is 3.79. The molecule has 0 bridgehead atoms. The van der Waals surface area contributed by atoms with Crippen LogP contribution in [0.25, 0.3) is 10.8 Å². The average Bonchev–Trinajstić information content (AvgIpc) is 2.47. The van der Waals surface area contributed by atoms with Crippen LogP contribution in [-0.4, -0.2) is 12.5 Å². The number of nitrogens with zero attached hydrogens (tertiary/aromatic N) is 1. The second-order valence-corrected chi connectivity index (χ2v) is 5.42. The van der Waals surface area contributed by atoms with Crippen LogP contribution < -0.4 is 5.32 Å². The molecule has 2 aromatic carbocycles. The molecule has 0 heterocycles. The summed E-state index contributed by atoms with van der Waals surface area (Å²) in [7, 11) is 0. The highest BCUT2D eigenvalue weighted by atomic mass is 16.2. The molecule has 2 rings (SSSR count). The van der Waals surface area contributed by atoms with E-state index in [0.29, 0.717) is 6.54 Å². The zero-order chi connectivity index (χ0) is 14.6. The van der Waals surface area contributed by atoms with E-state index in [1.807, 2.05) is 18.2 Å². The lowest BCUT2D eigenvalue weighted by Crippen LogP contribution is -2.36. The van der Waals surface area contributed by atoms with Crippen LogP contribution in [0.3, 0.4) is 0 Å². The van der Waals surface area contributed by atoms with E-state index in [0.717, 1.165) is 6.42 Å². The van der Waals surface area contributed by atoms with Crippen molar-refractivity contribution in [2.45, 2.75) is 20.3 Å². The molecule has 0 fully saturated rings. The molecule has 0 radical (unpaired) electrons. The summed E-state index contributed by atoms with van der Waals surface area (Å²) in [6, 6.07) is 16.5. The molecule has 0 aliphatic heterocycles. The maximum Gasteiger partial charge on any atom is 0.239 e. The molecule has 102 valence electrons. The summed E-state index contributed by atoms with van der Waals surface area (Å²) >= 11 is 0. The Morgan fingerprint density at radius 2 is 1.90 bits per heavy atom. The lowest BCUT2D eigenvalue weighted by molar-refractivity contribution is -0.126. The van der Waals surface area contributed by atoms with Crippen molar-refractivity contribution in [3.8, 4) is 6.07 Å². The van der Waals surface area contributed by atoms with E-state index in [9.17, 15) is 4.79 Å². The summed E-state index contributed by atoms with van der Waals surface area (Å²) in [5.74, 6) is -0.221. The summed E-state index contributed by atoms with van der Waals surface area (Å²) in [6.07, 6.45) is 0.762. The van der Waals surface area contributed by atoms with Gasteiger partial charge in [-0.05, 0) is 36.6 Å². The molecule has 0 unspecified atom stereocenters. The van der Waals surface area contributed by atoms with Gasteiger partial charge in [0.15, 0.2) is 0 Å². The van der Waals surface area contributed by atoms with Crippen molar-refractivity contribution in [2.75, 3.05) is 6.54 Å². The van der Waals surface area contributed by atoms with Crippen molar-refractivity contribution in [3.05, 3.63) is 48.0 Å². The van der Waals surface area contributed by atoms with Crippen molar-refractivity contribution in [2.24, 2.45) is 5.41 Å². The highest BCUT2D eigenvalue weighted by Gasteiger charge is 2.26. The zero-order valence-electron chi connectivity index (χ0n) is 11.8. The predicted octanol–water partition coefficient (Wildman–Crippen LogP) is 3.05. The number of hydrogen-bond acceptors (Lipinski definition) is 2. The summed E-state index contributed by atoms with van der Waals surface area (Å²) in [4.78, 5) is 11.8. The van der Waals surface area contributed by atoms with Crippen LogP contribution in [0, 0.1) is 16.7 Å². The van der Waals surface area contributed by atoms with E-state index in [2.05, 4.69) is 35.6 Å². The number of amides is 1. The number of nitriles is 1. The zero-order valence-corrected chi connectivity index (χ0v) is 11.8. The van der Waals surface area contributed by atoms with E-state index in [4.69, 9.17) is 5.26 Å². The van der Waals surface area contributed by atoms with Crippen LogP contribution in [0.1, 0.15) is 19.4 Å². The molecule has 0 saturated heterocycles.